The Morgan fingerprint density at radius 2 is 1.74 bits per heavy atom. The first-order valence-corrected chi connectivity index (χ1v) is 8.18. The van der Waals surface area contributed by atoms with Crippen LogP contribution in [-0.2, 0) is 14.4 Å². The summed E-state index contributed by atoms with van der Waals surface area (Å²) in [6, 6.07) is 11.4. The van der Waals surface area contributed by atoms with Crippen LogP contribution in [0.1, 0.15) is 18.1 Å². The van der Waals surface area contributed by atoms with Gasteiger partial charge in [-0.1, -0.05) is 18.2 Å². The van der Waals surface area contributed by atoms with Crippen molar-refractivity contribution in [3.8, 4) is 5.75 Å². The molecule has 0 atom stereocenters. The highest BCUT2D eigenvalue weighted by Gasteiger charge is 2.41. The molecule has 2 aromatic rings. The van der Waals surface area contributed by atoms with Crippen LogP contribution in [0.4, 0.5) is 11.4 Å². The van der Waals surface area contributed by atoms with Crippen molar-refractivity contribution in [2.24, 2.45) is 0 Å². The highest BCUT2D eigenvalue weighted by Crippen LogP contribution is 2.37. The molecule has 7 heteroatoms. The Kier molecular flexibility index (Phi) is 4.68. The van der Waals surface area contributed by atoms with Crippen LogP contribution in [0, 0.1) is 6.92 Å². The van der Waals surface area contributed by atoms with Crippen LogP contribution in [0.25, 0.3) is 5.57 Å². The Bertz CT molecular complexity index is 976. The van der Waals surface area contributed by atoms with E-state index in [9.17, 15) is 19.5 Å². The first-order valence-electron chi connectivity index (χ1n) is 8.18. The van der Waals surface area contributed by atoms with Crippen molar-refractivity contribution in [3.05, 3.63) is 59.4 Å². The Labute approximate surface area is 155 Å². The first kappa shape index (κ1) is 18.2. The third-order valence-electron chi connectivity index (χ3n) is 4.13. The van der Waals surface area contributed by atoms with E-state index < -0.39 is 17.6 Å². The molecule has 3 rings (SSSR count). The van der Waals surface area contributed by atoms with Crippen molar-refractivity contribution in [2.75, 3.05) is 17.3 Å². The molecule has 0 aromatic heterocycles. The van der Waals surface area contributed by atoms with E-state index in [1.807, 2.05) is 6.92 Å². The van der Waals surface area contributed by atoms with Gasteiger partial charge in [0.2, 0.25) is 5.91 Å². The summed E-state index contributed by atoms with van der Waals surface area (Å²) in [6.45, 7) is 3.21. The summed E-state index contributed by atoms with van der Waals surface area (Å²) in [4.78, 5) is 37.5. The number of methoxy groups -OCH3 is 1. The van der Waals surface area contributed by atoms with Crippen LogP contribution in [0.2, 0.25) is 0 Å². The van der Waals surface area contributed by atoms with Gasteiger partial charge in [0.15, 0.2) is 5.76 Å². The monoisotopic (exact) mass is 366 g/mol. The van der Waals surface area contributed by atoms with Crippen molar-refractivity contribution in [1.29, 1.82) is 0 Å². The number of anilines is 2. The lowest BCUT2D eigenvalue weighted by molar-refractivity contribution is -0.121. The van der Waals surface area contributed by atoms with E-state index in [0.29, 0.717) is 17.0 Å². The van der Waals surface area contributed by atoms with Gasteiger partial charge in [0.25, 0.3) is 5.91 Å². The van der Waals surface area contributed by atoms with Crippen LogP contribution in [0.3, 0.4) is 0 Å². The molecule has 2 N–H and O–H groups in total. The fourth-order valence-corrected chi connectivity index (χ4v) is 2.90. The molecule has 0 spiro atoms. The second-order valence-electron chi connectivity index (χ2n) is 6.10. The molecule has 0 unspecified atom stereocenters. The highest BCUT2D eigenvalue weighted by atomic mass is 16.5. The summed E-state index contributed by atoms with van der Waals surface area (Å²) in [7, 11) is 1.44. The van der Waals surface area contributed by atoms with Crippen molar-refractivity contribution in [3.63, 3.8) is 0 Å². The Balaban J connectivity index is 2.00. The number of nitrogens with zero attached hydrogens (tertiary/aromatic N) is 1. The minimum atomic E-state index is -0.815. The molecule has 7 nitrogen and oxygen atoms in total. The minimum Gasteiger partial charge on any atom is -0.502 e. The van der Waals surface area contributed by atoms with E-state index in [-0.39, 0.29) is 17.2 Å². The van der Waals surface area contributed by atoms with Gasteiger partial charge in [-0.3, -0.25) is 14.4 Å². The lowest BCUT2D eigenvalue weighted by Gasteiger charge is -2.18. The number of carbonyl (C=O) groups excluding carboxylic acids is 3. The molecule has 138 valence electrons. The van der Waals surface area contributed by atoms with Gasteiger partial charge in [0.1, 0.15) is 5.75 Å². The fourth-order valence-electron chi connectivity index (χ4n) is 2.90. The lowest BCUT2D eigenvalue weighted by atomic mass is 10.0. The lowest BCUT2D eigenvalue weighted by Crippen LogP contribution is -2.32. The van der Waals surface area contributed by atoms with Crippen molar-refractivity contribution in [1.82, 2.24) is 0 Å². The van der Waals surface area contributed by atoms with Crippen LogP contribution < -0.4 is 15.0 Å². The number of hydrogen-bond donors (Lipinski definition) is 2. The molecule has 0 fully saturated rings. The van der Waals surface area contributed by atoms with Crippen molar-refractivity contribution >= 4 is 34.7 Å². The highest BCUT2D eigenvalue weighted by molar-refractivity contribution is 6.45. The molecule has 2 aromatic carbocycles. The van der Waals surface area contributed by atoms with E-state index in [1.54, 1.807) is 42.5 Å². The van der Waals surface area contributed by atoms with Crippen LogP contribution >= 0.6 is 0 Å². The minimum absolute atomic E-state index is 0.0991. The molecule has 0 saturated carbocycles. The fraction of sp³-hybridized carbons (Fsp3) is 0.150. The summed E-state index contributed by atoms with van der Waals surface area (Å²) < 4.78 is 5.25. The Morgan fingerprint density at radius 3 is 2.33 bits per heavy atom. The third-order valence-corrected chi connectivity index (χ3v) is 4.13. The quantitative estimate of drug-likeness (QED) is 0.811. The molecule has 0 saturated heterocycles. The second kappa shape index (κ2) is 6.95. The third kappa shape index (κ3) is 3.27. The van der Waals surface area contributed by atoms with Crippen LogP contribution in [-0.4, -0.2) is 29.9 Å². The number of aliphatic hydroxyl groups is 1. The van der Waals surface area contributed by atoms with E-state index in [1.165, 1.54) is 14.0 Å². The number of carbonyl (C=O) groups is 3. The number of imide groups is 1. The summed E-state index contributed by atoms with van der Waals surface area (Å²) in [6.07, 6.45) is 0. The van der Waals surface area contributed by atoms with E-state index in [2.05, 4.69) is 5.32 Å². The van der Waals surface area contributed by atoms with Crippen molar-refractivity contribution < 1.29 is 24.2 Å². The van der Waals surface area contributed by atoms with Gasteiger partial charge in [0.05, 0.1) is 18.4 Å². The van der Waals surface area contributed by atoms with Crippen molar-refractivity contribution in [2.45, 2.75) is 13.8 Å². The van der Waals surface area contributed by atoms with Gasteiger partial charge in [-0.15, -0.1) is 0 Å². The number of hydrogen-bond acceptors (Lipinski definition) is 5. The molecular weight excluding hydrogens is 348 g/mol. The van der Waals surface area contributed by atoms with Gasteiger partial charge in [0, 0.05) is 12.6 Å². The maximum absolute atomic E-state index is 12.9. The molecule has 0 bridgehead atoms. The van der Waals surface area contributed by atoms with E-state index in [0.717, 1.165) is 10.5 Å². The zero-order chi connectivity index (χ0) is 19.7. The van der Waals surface area contributed by atoms with Gasteiger partial charge in [-0.25, -0.2) is 4.90 Å². The predicted molar refractivity (Wildman–Crippen MR) is 101 cm³/mol. The van der Waals surface area contributed by atoms with Crippen LogP contribution in [0.15, 0.2) is 48.2 Å². The molecule has 0 radical (unpaired) electrons. The molecule has 1 heterocycles. The number of benzene rings is 2. The number of aliphatic hydroxyl groups excluding tert-OH is 1. The average molecular weight is 366 g/mol. The summed E-state index contributed by atoms with van der Waals surface area (Å²) in [5.41, 5.74) is 1.91. The first-order chi connectivity index (χ1) is 12.8. The maximum Gasteiger partial charge on any atom is 0.301 e. The van der Waals surface area contributed by atoms with Gasteiger partial charge in [-0.05, 0) is 42.3 Å². The zero-order valence-electron chi connectivity index (χ0n) is 15.1. The maximum atomic E-state index is 12.9. The number of nitrogens with one attached hydrogen (secondary N) is 1. The number of rotatable bonds is 4. The number of amides is 3. The second-order valence-corrected chi connectivity index (χ2v) is 6.10. The van der Waals surface area contributed by atoms with Gasteiger partial charge in [-0.2, -0.15) is 0 Å². The molecule has 1 aliphatic heterocycles. The summed E-state index contributed by atoms with van der Waals surface area (Å²) in [5, 5.41) is 12.9. The topological polar surface area (TPSA) is 95.9 Å². The SMILES string of the molecule is COc1ccc(C)cc1N1C(=O)C(O)=C(c2ccc(NC(C)=O)cc2)C1=O. The molecule has 3 amide bonds. The summed E-state index contributed by atoms with van der Waals surface area (Å²) >= 11 is 0. The Morgan fingerprint density at radius 1 is 1.07 bits per heavy atom. The number of ether oxygens (including phenoxy) is 1. The standard InChI is InChI=1S/C20H18N2O5/c1-11-4-9-16(27-3)15(10-11)22-19(25)17(18(24)20(22)26)13-5-7-14(8-6-13)21-12(2)23/h4-10,24H,1-3H3,(H,21,23). The largest absolute Gasteiger partial charge is 0.502 e. The smallest absolute Gasteiger partial charge is 0.301 e. The predicted octanol–water partition coefficient (Wildman–Crippen LogP) is 2.80. The molecule has 0 aliphatic carbocycles. The summed E-state index contributed by atoms with van der Waals surface area (Å²) in [5.74, 6) is -1.97. The zero-order valence-corrected chi connectivity index (χ0v) is 15.1. The van der Waals surface area contributed by atoms with E-state index >= 15 is 0 Å². The molecular formula is C20H18N2O5. The molecule has 27 heavy (non-hydrogen) atoms. The van der Waals surface area contributed by atoms with Gasteiger partial charge < -0.3 is 15.2 Å². The van der Waals surface area contributed by atoms with Crippen LogP contribution in [0.5, 0.6) is 5.75 Å². The normalized spacial score (nSPS) is 14.0. The average Bonchev–Trinajstić information content (AvgIpc) is 2.84. The molecule has 1 aliphatic rings. The van der Waals surface area contributed by atoms with E-state index in [4.69, 9.17) is 4.74 Å². The van der Waals surface area contributed by atoms with Gasteiger partial charge >= 0.3 is 5.91 Å². The number of aryl methyl sites for hydroxylation is 1. The Hall–Kier alpha value is -3.61.